The van der Waals surface area contributed by atoms with Gasteiger partial charge in [0, 0.05) is 38.3 Å². The molecule has 1 aromatic carbocycles. The lowest BCUT2D eigenvalue weighted by molar-refractivity contribution is 0.525. The Bertz CT molecular complexity index is 516. The highest BCUT2D eigenvalue weighted by Crippen LogP contribution is 2.44. The number of benzene rings is 1. The van der Waals surface area contributed by atoms with Crippen LogP contribution >= 0.6 is 0 Å². The molecule has 19 heavy (non-hydrogen) atoms. The molecule has 2 atom stereocenters. The molecule has 2 unspecified atom stereocenters. The molecule has 4 rings (SSSR count). The average Bonchev–Trinajstić information content (AvgIpc) is 2.81. The molecular weight excluding hydrogens is 241 g/mol. The van der Waals surface area contributed by atoms with Crippen molar-refractivity contribution >= 4 is 11.4 Å². The van der Waals surface area contributed by atoms with Gasteiger partial charge in [0.05, 0.1) is 11.4 Å². The van der Waals surface area contributed by atoms with Crippen molar-refractivity contribution in [3.05, 3.63) is 23.5 Å². The Balaban J connectivity index is 1.94. The van der Waals surface area contributed by atoms with Gasteiger partial charge in [0.1, 0.15) is 5.82 Å². The third-order valence-electron chi connectivity index (χ3n) is 4.83. The summed E-state index contributed by atoms with van der Waals surface area (Å²) in [6.07, 6.45) is 2.38. The first-order valence-electron chi connectivity index (χ1n) is 7.31. The molecule has 3 heterocycles. The van der Waals surface area contributed by atoms with Crippen LogP contribution < -0.4 is 15.1 Å². The van der Waals surface area contributed by atoms with Crippen molar-refractivity contribution in [2.75, 3.05) is 29.4 Å². The molecule has 0 aliphatic carbocycles. The van der Waals surface area contributed by atoms with Gasteiger partial charge in [-0.1, -0.05) is 6.07 Å². The molecule has 0 bridgehead atoms. The normalized spacial score (nSPS) is 28.9. The number of fused-ring (bicyclic) bond motifs is 2. The predicted octanol–water partition coefficient (Wildman–Crippen LogP) is 2.11. The fraction of sp³-hybridized carbons (Fsp3) is 0.600. The number of rotatable bonds is 0. The minimum absolute atomic E-state index is 0.0514. The van der Waals surface area contributed by atoms with Crippen LogP contribution in [0.15, 0.2) is 12.1 Å². The van der Waals surface area contributed by atoms with E-state index in [9.17, 15) is 4.39 Å². The minimum atomic E-state index is -0.0514. The highest BCUT2D eigenvalue weighted by molar-refractivity contribution is 5.79. The van der Waals surface area contributed by atoms with Crippen molar-refractivity contribution in [1.29, 1.82) is 0 Å². The lowest BCUT2D eigenvalue weighted by Gasteiger charge is -2.44. The zero-order valence-corrected chi connectivity index (χ0v) is 11.3. The van der Waals surface area contributed by atoms with Crippen LogP contribution in [-0.2, 0) is 6.54 Å². The molecule has 1 N–H and O–H groups in total. The molecule has 3 aliphatic rings. The average molecular weight is 261 g/mol. The Kier molecular flexibility index (Phi) is 2.49. The number of halogens is 1. The lowest BCUT2D eigenvalue weighted by atomic mass is 10.0. The lowest BCUT2D eigenvalue weighted by Crippen LogP contribution is -2.50. The van der Waals surface area contributed by atoms with Crippen molar-refractivity contribution in [2.24, 2.45) is 0 Å². The molecule has 0 amide bonds. The topological polar surface area (TPSA) is 18.5 Å². The summed E-state index contributed by atoms with van der Waals surface area (Å²) in [6, 6.07) is 4.52. The summed E-state index contributed by atoms with van der Waals surface area (Å²) >= 11 is 0. The number of anilines is 2. The Hall–Kier alpha value is -1.29. The zero-order valence-electron chi connectivity index (χ0n) is 11.3. The Morgan fingerprint density at radius 3 is 3.05 bits per heavy atom. The van der Waals surface area contributed by atoms with Gasteiger partial charge in [0.2, 0.25) is 0 Å². The first-order valence-corrected chi connectivity index (χ1v) is 7.31. The van der Waals surface area contributed by atoms with E-state index in [-0.39, 0.29) is 5.82 Å². The van der Waals surface area contributed by atoms with Gasteiger partial charge in [-0.05, 0) is 31.4 Å². The van der Waals surface area contributed by atoms with E-state index in [1.807, 2.05) is 6.07 Å². The standard InChI is InChI=1S/C15H20FN3/c1-10-7-17-8-11-4-5-13(16)15-14(11)19(10)9-12-3-2-6-18(12)15/h4-5,10,12,17H,2-3,6-9H2,1H3. The van der Waals surface area contributed by atoms with E-state index in [2.05, 4.69) is 22.0 Å². The van der Waals surface area contributed by atoms with Crippen LogP contribution in [0.5, 0.6) is 0 Å². The van der Waals surface area contributed by atoms with Crippen LogP contribution in [0.4, 0.5) is 15.8 Å². The molecule has 1 fully saturated rings. The van der Waals surface area contributed by atoms with E-state index in [1.165, 1.54) is 18.4 Å². The van der Waals surface area contributed by atoms with E-state index in [0.717, 1.165) is 37.6 Å². The van der Waals surface area contributed by atoms with Crippen molar-refractivity contribution in [1.82, 2.24) is 5.32 Å². The highest BCUT2D eigenvalue weighted by Gasteiger charge is 2.39. The maximum absolute atomic E-state index is 14.4. The fourth-order valence-corrected chi connectivity index (χ4v) is 3.90. The van der Waals surface area contributed by atoms with E-state index >= 15 is 0 Å². The van der Waals surface area contributed by atoms with Gasteiger partial charge in [-0.15, -0.1) is 0 Å². The van der Waals surface area contributed by atoms with Crippen LogP contribution in [0.3, 0.4) is 0 Å². The van der Waals surface area contributed by atoms with Gasteiger partial charge in [-0.25, -0.2) is 4.39 Å². The highest BCUT2D eigenvalue weighted by atomic mass is 19.1. The van der Waals surface area contributed by atoms with E-state index in [1.54, 1.807) is 6.07 Å². The minimum Gasteiger partial charge on any atom is -0.363 e. The van der Waals surface area contributed by atoms with Gasteiger partial charge in [0.25, 0.3) is 0 Å². The van der Waals surface area contributed by atoms with Crippen LogP contribution in [0, 0.1) is 5.82 Å². The number of hydrogen-bond acceptors (Lipinski definition) is 3. The van der Waals surface area contributed by atoms with Gasteiger partial charge >= 0.3 is 0 Å². The van der Waals surface area contributed by atoms with Crippen molar-refractivity contribution in [2.45, 2.75) is 38.4 Å². The van der Waals surface area contributed by atoms with Gasteiger partial charge in [0.15, 0.2) is 0 Å². The zero-order chi connectivity index (χ0) is 13.0. The number of nitrogens with zero attached hydrogens (tertiary/aromatic N) is 2. The van der Waals surface area contributed by atoms with Crippen molar-refractivity contribution < 1.29 is 4.39 Å². The summed E-state index contributed by atoms with van der Waals surface area (Å²) in [4.78, 5) is 4.74. The summed E-state index contributed by atoms with van der Waals surface area (Å²) in [5, 5.41) is 3.48. The molecular formula is C15H20FN3. The summed E-state index contributed by atoms with van der Waals surface area (Å²) in [6.45, 7) is 6.12. The van der Waals surface area contributed by atoms with Crippen molar-refractivity contribution in [3.63, 3.8) is 0 Å². The van der Waals surface area contributed by atoms with Gasteiger partial charge < -0.3 is 15.1 Å². The second-order valence-electron chi connectivity index (χ2n) is 6.03. The smallest absolute Gasteiger partial charge is 0.148 e. The third kappa shape index (κ3) is 1.59. The molecule has 0 spiro atoms. The summed E-state index contributed by atoms with van der Waals surface area (Å²) < 4.78 is 14.4. The SMILES string of the molecule is CC1CNCc2ccc(F)c3c2N1CC1CCCN31. The van der Waals surface area contributed by atoms with Crippen molar-refractivity contribution in [3.8, 4) is 0 Å². The summed E-state index contributed by atoms with van der Waals surface area (Å²) in [7, 11) is 0. The summed E-state index contributed by atoms with van der Waals surface area (Å²) in [5.74, 6) is -0.0514. The molecule has 0 radical (unpaired) electrons. The van der Waals surface area contributed by atoms with Crippen LogP contribution in [0.1, 0.15) is 25.3 Å². The number of hydrogen-bond donors (Lipinski definition) is 1. The molecule has 1 aromatic rings. The largest absolute Gasteiger partial charge is 0.363 e. The first kappa shape index (κ1) is 11.5. The fourth-order valence-electron chi connectivity index (χ4n) is 3.90. The Morgan fingerprint density at radius 1 is 1.26 bits per heavy atom. The first-order chi connectivity index (χ1) is 9.25. The van der Waals surface area contributed by atoms with E-state index in [0.29, 0.717) is 12.1 Å². The van der Waals surface area contributed by atoms with Crippen LogP contribution in [-0.4, -0.2) is 31.7 Å². The van der Waals surface area contributed by atoms with Gasteiger partial charge in [-0.3, -0.25) is 0 Å². The predicted molar refractivity (Wildman–Crippen MR) is 75.3 cm³/mol. The quantitative estimate of drug-likeness (QED) is 0.771. The maximum Gasteiger partial charge on any atom is 0.148 e. The molecule has 0 aromatic heterocycles. The molecule has 1 saturated heterocycles. The maximum atomic E-state index is 14.4. The van der Waals surface area contributed by atoms with Gasteiger partial charge in [-0.2, -0.15) is 0 Å². The number of nitrogens with one attached hydrogen (secondary N) is 1. The van der Waals surface area contributed by atoms with Crippen LogP contribution in [0.2, 0.25) is 0 Å². The molecule has 0 saturated carbocycles. The molecule has 4 heteroatoms. The molecule has 102 valence electrons. The van der Waals surface area contributed by atoms with E-state index < -0.39 is 0 Å². The second-order valence-corrected chi connectivity index (χ2v) is 6.03. The Labute approximate surface area is 113 Å². The molecule has 3 aliphatic heterocycles. The summed E-state index contributed by atoms with van der Waals surface area (Å²) in [5.41, 5.74) is 3.25. The Morgan fingerprint density at radius 2 is 2.16 bits per heavy atom. The third-order valence-corrected chi connectivity index (χ3v) is 4.83. The molecule has 3 nitrogen and oxygen atoms in total. The monoisotopic (exact) mass is 261 g/mol. The van der Waals surface area contributed by atoms with E-state index in [4.69, 9.17) is 0 Å². The van der Waals surface area contributed by atoms with Crippen LogP contribution in [0.25, 0.3) is 0 Å². The second kappa shape index (κ2) is 4.10.